The van der Waals surface area contributed by atoms with Gasteiger partial charge in [-0.3, -0.25) is 9.69 Å². The zero-order valence-electron chi connectivity index (χ0n) is 15.0. The molecule has 0 aromatic heterocycles. The predicted molar refractivity (Wildman–Crippen MR) is 92.6 cm³/mol. The average Bonchev–Trinajstić information content (AvgIpc) is 3.02. The smallest absolute Gasteiger partial charge is 0.312 e. The lowest BCUT2D eigenvalue weighted by atomic mass is 9.99. The van der Waals surface area contributed by atoms with Gasteiger partial charge in [-0.1, -0.05) is 33.1 Å². The number of ether oxygens (including phenoxy) is 1. The van der Waals surface area contributed by atoms with Crippen LogP contribution in [0.3, 0.4) is 0 Å². The molecule has 3 amide bonds. The molecular formula is C17H32N4O3. The van der Waals surface area contributed by atoms with E-state index in [1.807, 2.05) is 4.90 Å². The first-order valence-electron chi connectivity index (χ1n) is 9.23. The van der Waals surface area contributed by atoms with Crippen molar-refractivity contribution in [2.75, 3.05) is 39.4 Å². The fraction of sp³-hybridized carbons (Fsp3) is 0.882. The van der Waals surface area contributed by atoms with Gasteiger partial charge in [-0.05, 0) is 12.3 Å². The molecule has 138 valence electrons. The van der Waals surface area contributed by atoms with E-state index in [4.69, 9.17) is 10.5 Å². The number of primary amides is 1. The molecule has 3 atom stereocenters. The molecule has 24 heavy (non-hydrogen) atoms. The number of carbonyl (C=O) groups is 2. The maximum absolute atomic E-state index is 12.9. The van der Waals surface area contributed by atoms with Crippen molar-refractivity contribution in [3.63, 3.8) is 0 Å². The Bertz CT molecular complexity index is 426. The van der Waals surface area contributed by atoms with E-state index in [-0.39, 0.29) is 5.91 Å². The van der Waals surface area contributed by atoms with Crippen molar-refractivity contribution in [3.8, 4) is 0 Å². The van der Waals surface area contributed by atoms with Crippen molar-refractivity contribution >= 4 is 11.9 Å². The Kier molecular flexibility index (Phi) is 7.30. The number of hydrogen-bond donors (Lipinski definition) is 2. The van der Waals surface area contributed by atoms with E-state index in [2.05, 4.69) is 24.1 Å². The minimum atomic E-state index is -0.625. The van der Waals surface area contributed by atoms with Gasteiger partial charge in [-0.15, -0.1) is 0 Å². The molecule has 0 radical (unpaired) electrons. The van der Waals surface area contributed by atoms with Gasteiger partial charge < -0.3 is 20.7 Å². The van der Waals surface area contributed by atoms with Crippen molar-refractivity contribution in [1.29, 1.82) is 0 Å². The van der Waals surface area contributed by atoms with Gasteiger partial charge in [0.1, 0.15) is 6.04 Å². The third-order valence-electron chi connectivity index (χ3n) is 5.22. The first kappa shape index (κ1) is 19.0. The monoisotopic (exact) mass is 340 g/mol. The predicted octanol–water partition coefficient (Wildman–Crippen LogP) is 0.783. The summed E-state index contributed by atoms with van der Waals surface area (Å²) in [5.41, 5.74) is 5.26. The summed E-state index contributed by atoms with van der Waals surface area (Å²) >= 11 is 0. The van der Waals surface area contributed by atoms with Crippen molar-refractivity contribution in [3.05, 3.63) is 0 Å². The van der Waals surface area contributed by atoms with Crippen LogP contribution in [0.15, 0.2) is 0 Å². The lowest BCUT2D eigenvalue weighted by Crippen LogP contribution is -2.51. The maximum Gasteiger partial charge on any atom is 0.312 e. The SMILES string of the molecule is CCCC[C@H](NC(N)=O)C(=O)N1C[C@H](CC)[C@H](N2CCOCC2)C1. The van der Waals surface area contributed by atoms with E-state index in [0.29, 0.717) is 18.4 Å². The molecule has 2 fully saturated rings. The van der Waals surface area contributed by atoms with Crippen LogP contribution in [0.2, 0.25) is 0 Å². The quantitative estimate of drug-likeness (QED) is 0.717. The highest BCUT2D eigenvalue weighted by Crippen LogP contribution is 2.26. The molecular weight excluding hydrogens is 308 g/mol. The maximum atomic E-state index is 12.9. The molecule has 2 aliphatic heterocycles. The fourth-order valence-electron chi connectivity index (χ4n) is 3.82. The number of hydrogen-bond acceptors (Lipinski definition) is 4. The third kappa shape index (κ3) is 4.83. The standard InChI is InChI=1S/C17H32N4O3/c1-3-5-6-14(19-17(18)23)16(22)21-11-13(4-2)15(12-21)20-7-9-24-10-8-20/h13-15H,3-12H2,1-2H3,(H3,18,19,23)/t13-,14-,15+/m0/s1. The largest absolute Gasteiger partial charge is 0.379 e. The van der Waals surface area contributed by atoms with Crippen LogP contribution < -0.4 is 11.1 Å². The molecule has 3 N–H and O–H groups in total. The van der Waals surface area contributed by atoms with E-state index in [9.17, 15) is 9.59 Å². The number of nitrogens with zero attached hydrogens (tertiary/aromatic N) is 2. The summed E-state index contributed by atoms with van der Waals surface area (Å²) in [6.45, 7) is 9.16. The number of nitrogens with one attached hydrogen (secondary N) is 1. The molecule has 0 unspecified atom stereocenters. The molecule has 0 spiro atoms. The summed E-state index contributed by atoms with van der Waals surface area (Å²) in [6, 6.07) is -0.730. The van der Waals surface area contributed by atoms with Crippen molar-refractivity contribution in [2.45, 2.75) is 51.6 Å². The van der Waals surface area contributed by atoms with E-state index >= 15 is 0 Å². The van der Waals surface area contributed by atoms with Crippen molar-refractivity contribution in [1.82, 2.24) is 15.1 Å². The summed E-state index contributed by atoms with van der Waals surface area (Å²) in [6.07, 6.45) is 3.58. The average molecular weight is 340 g/mol. The highest BCUT2D eigenvalue weighted by atomic mass is 16.5. The second kappa shape index (κ2) is 9.22. The Morgan fingerprint density at radius 2 is 1.96 bits per heavy atom. The second-order valence-electron chi connectivity index (χ2n) is 6.83. The Labute approximate surface area is 144 Å². The van der Waals surface area contributed by atoms with Gasteiger partial charge in [-0.2, -0.15) is 0 Å². The number of likely N-dealkylation sites (tertiary alicyclic amines) is 1. The van der Waals surface area contributed by atoms with Gasteiger partial charge in [0.15, 0.2) is 0 Å². The summed E-state index contributed by atoms with van der Waals surface area (Å²) in [5, 5.41) is 2.63. The lowest BCUT2D eigenvalue weighted by Gasteiger charge is -2.34. The number of urea groups is 1. The van der Waals surface area contributed by atoms with E-state index in [0.717, 1.165) is 58.7 Å². The van der Waals surface area contributed by atoms with Crippen LogP contribution >= 0.6 is 0 Å². The van der Waals surface area contributed by atoms with Crippen LogP contribution in [0, 0.1) is 5.92 Å². The Morgan fingerprint density at radius 1 is 1.25 bits per heavy atom. The zero-order valence-corrected chi connectivity index (χ0v) is 15.0. The number of morpholine rings is 1. The minimum absolute atomic E-state index is 0.0106. The topological polar surface area (TPSA) is 87.9 Å². The Hall–Kier alpha value is -1.34. The molecule has 7 nitrogen and oxygen atoms in total. The minimum Gasteiger partial charge on any atom is -0.379 e. The molecule has 2 heterocycles. The van der Waals surface area contributed by atoms with Crippen molar-refractivity contribution in [2.24, 2.45) is 11.7 Å². The van der Waals surface area contributed by atoms with Crippen molar-refractivity contribution < 1.29 is 14.3 Å². The summed E-state index contributed by atoms with van der Waals surface area (Å²) in [4.78, 5) is 28.5. The van der Waals surface area contributed by atoms with Crippen LogP contribution in [0.1, 0.15) is 39.5 Å². The number of amides is 3. The van der Waals surface area contributed by atoms with Crippen LogP contribution in [0.5, 0.6) is 0 Å². The fourth-order valence-corrected chi connectivity index (χ4v) is 3.82. The molecule has 0 aromatic rings. The highest BCUT2D eigenvalue weighted by Gasteiger charge is 2.39. The Morgan fingerprint density at radius 3 is 2.54 bits per heavy atom. The number of nitrogens with two attached hydrogens (primary N) is 1. The van der Waals surface area contributed by atoms with Crippen LogP contribution in [0.25, 0.3) is 0 Å². The third-order valence-corrected chi connectivity index (χ3v) is 5.22. The van der Waals surface area contributed by atoms with Crippen LogP contribution in [-0.2, 0) is 9.53 Å². The molecule has 7 heteroatoms. The molecule has 0 bridgehead atoms. The van der Waals surface area contributed by atoms with E-state index < -0.39 is 12.1 Å². The molecule has 0 aromatic carbocycles. The zero-order chi connectivity index (χ0) is 17.5. The van der Waals surface area contributed by atoms with Gasteiger partial charge in [0.25, 0.3) is 0 Å². The molecule has 0 saturated carbocycles. The second-order valence-corrected chi connectivity index (χ2v) is 6.83. The van der Waals surface area contributed by atoms with E-state index in [1.54, 1.807) is 0 Å². The normalized spacial score (nSPS) is 26.3. The lowest BCUT2D eigenvalue weighted by molar-refractivity contribution is -0.132. The molecule has 2 saturated heterocycles. The van der Waals surface area contributed by atoms with Gasteiger partial charge in [0, 0.05) is 32.2 Å². The number of unbranched alkanes of at least 4 members (excludes halogenated alkanes) is 1. The molecule has 0 aliphatic carbocycles. The van der Waals surface area contributed by atoms with Gasteiger partial charge in [-0.25, -0.2) is 4.79 Å². The summed E-state index contributed by atoms with van der Waals surface area (Å²) in [7, 11) is 0. The Balaban J connectivity index is 2.00. The van der Waals surface area contributed by atoms with Gasteiger partial charge in [0.2, 0.25) is 5.91 Å². The van der Waals surface area contributed by atoms with Crippen LogP contribution in [0.4, 0.5) is 4.79 Å². The molecule has 2 aliphatic rings. The summed E-state index contributed by atoms with van der Waals surface area (Å²) < 4.78 is 5.45. The molecule has 2 rings (SSSR count). The first-order valence-corrected chi connectivity index (χ1v) is 9.23. The first-order chi connectivity index (χ1) is 11.6. The van der Waals surface area contributed by atoms with Gasteiger partial charge >= 0.3 is 6.03 Å². The highest BCUT2D eigenvalue weighted by molar-refractivity contribution is 5.86. The summed E-state index contributed by atoms with van der Waals surface area (Å²) in [5.74, 6) is 0.490. The number of rotatable bonds is 7. The van der Waals surface area contributed by atoms with E-state index in [1.165, 1.54) is 0 Å². The van der Waals surface area contributed by atoms with Gasteiger partial charge in [0.05, 0.1) is 13.2 Å². The number of carbonyl (C=O) groups excluding carboxylic acids is 2. The van der Waals surface area contributed by atoms with Crippen LogP contribution in [-0.4, -0.2) is 73.2 Å².